The van der Waals surface area contributed by atoms with Crippen molar-refractivity contribution in [3.63, 3.8) is 0 Å². The van der Waals surface area contributed by atoms with Gasteiger partial charge in [0.1, 0.15) is 6.54 Å². The Kier molecular flexibility index (Phi) is 6.39. The number of urea groups is 1. The molecule has 0 spiro atoms. The summed E-state index contributed by atoms with van der Waals surface area (Å²) in [4.78, 5) is 51.2. The van der Waals surface area contributed by atoms with Gasteiger partial charge >= 0.3 is 17.8 Å². The lowest BCUT2D eigenvalue weighted by Gasteiger charge is -2.20. The summed E-state index contributed by atoms with van der Waals surface area (Å²) in [6.07, 6.45) is 1.57. The van der Waals surface area contributed by atoms with Crippen LogP contribution >= 0.6 is 0 Å². The third-order valence-corrected chi connectivity index (χ3v) is 4.73. The molecular weight excluding hydrogens is 370 g/mol. The summed E-state index contributed by atoms with van der Waals surface area (Å²) in [5.41, 5.74) is 1.67. The number of imide groups is 2. The van der Waals surface area contributed by atoms with E-state index in [0.717, 1.165) is 28.9 Å². The highest BCUT2D eigenvalue weighted by Crippen LogP contribution is 2.19. The van der Waals surface area contributed by atoms with Gasteiger partial charge in [0.05, 0.1) is 12.6 Å². The second kappa shape index (κ2) is 9.14. The molecule has 0 saturated carbocycles. The van der Waals surface area contributed by atoms with E-state index in [2.05, 4.69) is 5.32 Å². The normalized spacial score (nSPS) is 15.0. The number of nitrogens with one attached hydrogen (secondary N) is 1. The van der Waals surface area contributed by atoms with E-state index >= 15 is 0 Å². The summed E-state index contributed by atoms with van der Waals surface area (Å²) in [6.45, 7) is 1.52. The molecule has 2 aromatic carbocycles. The van der Waals surface area contributed by atoms with Gasteiger partial charge in [-0.25, -0.2) is 9.69 Å². The number of benzene rings is 2. The Balaban J connectivity index is 1.67. The van der Waals surface area contributed by atoms with Gasteiger partial charge in [-0.15, -0.1) is 0 Å². The Hall–Kier alpha value is -3.48. The molecule has 150 valence electrons. The van der Waals surface area contributed by atoms with Gasteiger partial charge in [-0.2, -0.15) is 0 Å². The third-order valence-electron chi connectivity index (χ3n) is 4.73. The standard InChI is InChI=1S/C22H23N3O4/c1-2-9-18(17-12-7-4-8-13-17)23-19(26)15-25-21(28)20(27)24(22(25)29)14-16-10-5-3-6-11-16/h3-8,10-13,18H,2,9,14-15H2,1H3,(H,23,26). The fourth-order valence-corrected chi connectivity index (χ4v) is 3.27. The van der Waals surface area contributed by atoms with Crippen molar-refractivity contribution in [3.05, 3.63) is 71.8 Å². The first-order valence-corrected chi connectivity index (χ1v) is 9.56. The van der Waals surface area contributed by atoms with Gasteiger partial charge in [-0.1, -0.05) is 74.0 Å². The number of hydrogen-bond donors (Lipinski definition) is 1. The molecule has 1 aliphatic rings. The van der Waals surface area contributed by atoms with Crippen LogP contribution in [0.15, 0.2) is 60.7 Å². The van der Waals surface area contributed by atoms with Crippen LogP contribution in [0.25, 0.3) is 0 Å². The highest BCUT2D eigenvalue weighted by atomic mass is 16.2. The molecule has 2 aromatic rings. The summed E-state index contributed by atoms with van der Waals surface area (Å²) >= 11 is 0. The molecule has 0 bridgehead atoms. The SMILES string of the molecule is CCCC(NC(=O)CN1C(=O)C(=O)N(Cc2ccccc2)C1=O)c1ccccc1. The molecule has 7 nitrogen and oxygen atoms in total. The molecular formula is C22H23N3O4. The smallest absolute Gasteiger partial charge is 0.335 e. The molecule has 29 heavy (non-hydrogen) atoms. The average molecular weight is 393 g/mol. The van der Waals surface area contributed by atoms with E-state index in [4.69, 9.17) is 0 Å². The molecule has 1 saturated heterocycles. The molecule has 0 aromatic heterocycles. The first-order valence-electron chi connectivity index (χ1n) is 9.56. The highest BCUT2D eigenvalue weighted by molar-refractivity contribution is 6.44. The molecule has 3 rings (SSSR count). The second-order valence-corrected chi connectivity index (χ2v) is 6.87. The summed E-state index contributed by atoms with van der Waals surface area (Å²) in [7, 11) is 0. The molecule has 1 N–H and O–H groups in total. The molecule has 0 radical (unpaired) electrons. The lowest BCUT2D eigenvalue weighted by Crippen LogP contribution is -2.42. The maximum absolute atomic E-state index is 12.6. The van der Waals surface area contributed by atoms with Crippen molar-refractivity contribution >= 4 is 23.8 Å². The molecule has 0 aliphatic carbocycles. The quantitative estimate of drug-likeness (QED) is 0.552. The van der Waals surface area contributed by atoms with Crippen LogP contribution in [-0.4, -0.2) is 40.1 Å². The van der Waals surface area contributed by atoms with Crippen LogP contribution in [0.3, 0.4) is 0 Å². The van der Waals surface area contributed by atoms with E-state index in [1.54, 1.807) is 24.3 Å². The largest absolute Gasteiger partial charge is 0.348 e. The first-order chi connectivity index (χ1) is 14.0. The van der Waals surface area contributed by atoms with Crippen molar-refractivity contribution in [2.24, 2.45) is 0 Å². The molecule has 7 heteroatoms. The zero-order chi connectivity index (χ0) is 20.8. The Morgan fingerprint density at radius 2 is 1.48 bits per heavy atom. The lowest BCUT2D eigenvalue weighted by molar-refractivity contribution is -0.144. The van der Waals surface area contributed by atoms with Crippen molar-refractivity contribution in [2.45, 2.75) is 32.4 Å². The summed E-state index contributed by atoms with van der Waals surface area (Å²) in [5, 5.41) is 2.87. The van der Waals surface area contributed by atoms with Crippen LogP contribution < -0.4 is 5.32 Å². The molecule has 5 amide bonds. The van der Waals surface area contributed by atoms with Gasteiger partial charge in [0, 0.05) is 0 Å². The van der Waals surface area contributed by atoms with E-state index in [9.17, 15) is 19.2 Å². The number of carbonyl (C=O) groups is 4. The molecule has 1 heterocycles. The lowest BCUT2D eigenvalue weighted by atomic mass is 10.0. The van der Waals surface area contributed by atoms with Crippen molar-refractivity contribution in [1.82, 2.24) is 15.1 Å². The van der Waals surface area contributed by atoms with Crippen LogP contribution in [0.4, 0.5) is 4.79 Å². The Morgan fingerprint density at radius 3 is 2.10 bits per heavy atom. The highest BCUT2D eigenvalue weighted by Gasteiger charge is 2.45. The minimum absolute atomic E-state index is 0.00909. The van der Waals surface area contributed by atoms with Crippen molar-refractivity contribution in [3.8, 4) is 0 Å². The number of amides is 5. The predicted octanol–water partition coefficient (Wildman–Crippen LogP) is 2.64. The van der Waals surface area contributed by atoms with Crippen molar-refractivity contribution < 1.29 is 19.2 Å². The molecule has 1 atom stereocenters. The molecule has 1 fully saturated rings. The Bertz CT molecular complexity index is 899. The van der Waals surface area contributed by atoms with E-state index < -0.39 is 30.3 Å². The zero-order valence-electron chi connectivity index (χ0n) is 16.2. The topological polar surface area (TPSA) is 86.8 Å². The second-order valence-electron chi connectivity index (χ2n) is 6.87. The van der Waals surface area contributed by atoms with E-state index in [1.165, 1.54) is 0 Å². The monoisotopic (exact) mass is 393 g/mol. The molecule has 1 unspecified atom stereocenters. The van der Waals surface area contributed by atoms with E-state index in [1.807, 2.05) is 43.3 Å². The van der Waals surface area contributed by atoms with E-state index in [0.29, 0.717) is 4.90 Å². The fourth-order valence-electron chi connectivity index (χ4n) is 3.27. The van der Waals surface area contributed by atoms with Gasteiger partial charge < -0.3 is 5.32 Å². The van der Waals surface area contributed by atoms with Gasteiger partial charge in [0.15, 0.2) is 0 Å². The minimum Gasteiger partial charge on any atom is -0.348 e. The van der Waals surface area contributed by atoms with E-state index in [-0.39, 0.29) is 12.6 Å². The van der Waals surface area contributed by atoms with Crippen LogP contribution in [0.5, 0.6) is 0 Å². The van der Waals surface area contributed by atoms with Gasteiger partial charge in [-0.3, -0.25) is 19.3 Å². The van der Waals surface area contributed by atoms with Crippen LogP contribution in [-0.2, 0) is 20.9 Å². The number of nitrogens with zero attached hydrogens (tertiary/aromatic N) is 2. The summed E-state index contributed by atoms with van der Waals surface area (Å²) < 4.78 is 0. The van der Waals surface area contributed by atoms with Gasteiger partial charge in [-0.05, 0) is 17.5 Å². The number of carbonyl (C=O) groups excluding carboxylic acids is 4. The van der Waals surface area contributed by atoms with Gasteiger partial charge in [0.2, 0.25) is 5.91 Å². The Morgan fingerprint density at radius 1 is 0.897 bits per heavy atom. The summed E-state index contributed by atoms with van der Waals surface area (Å²) in [6, 6.07) is 17.4. The summed E-state index contributed by atoms with van der Waals surface area (Å²) in [5.74, 6) is -2.38. The zero-order valence-corrected chi connectivity index (χ0v) is 16.2. The van der Waals surface area contributed by atoms with Crippen LogP contribution in [0.1, 0.15) is 36.9 Å². The van der Waals surface area contributed by atoms with Crippen LogP contribution in [0, 0.1) is 0 Å². The fraction of sp³-hybridized carbons (Fsp3) is 0.273. The van der Waals surface area contributed by atoms with Gasteiger partial charge in [0.25, 0.3) is 0 Å². The number of rotatable bonds is 8. The maximum atomic E-state index is 12.6. The first kappa shape index (κ1) is 20.3. The maximum Gasteiger partial charge on any atom is 0.335 e. The third kappa shape index (κ3) is 4.68. The van der Waals surface area contributed by atoms with Crippen molar-refractivity contribution in [1.29, 1.82) is 0 Å². The average Bonchev–Trinajstić information content (AvgIpc) is 2.93. The molecule has 1 aliphatic heterocycles. The minimum atomic E-state index is -0.979. The number of hydrogen-bond acceptors (Lipinski definition) is 4. The van der Waals surface area contributed by atoms with Crippen molar-refractivity contribution in [2.75, 3.05) is 6.54 Å². The predicted molar refractivity (Wildman–Crippen MR) is 106 cm³/mol. The van der Waals surface area contributed by atoms with Crippen LogP contribution in [0.2, 0.25) is 0 Å². The Labute approximate surface area is 169 Å².